The maximum Gasteiger partial charge on any atom is 0.182 e. The molecule has 1 saturated carbocycles. The third-order valence-corrected chi connectivity index (χ3v) is 6.71. The second-order valence-corrected chi connectivity index (χ2v) is 8.27. The highest BCUT2D eigenvalue weighted by molar-refractivity contribution is 7.92. The predicted molar refractivity (Wildman–Crippen MR) is 82.7 cm³/mol. The Morgan fingerprint density at radius 3 is 2.50 bits per heavy atom. The fourth-order valence-electron chi connectivity index (χ4n) is 3.06. The molecule has 1 aromatic rings. The lowest BCUT2D eigenvalue weighted by molar-refractivity contribution is 0.309. The van der Waals surface area contributed by atoms with Crippen molar-refractivity contribution in [3.05, 3.63) is 29.3 Å². The Morgan fingerprint density at radius 1 is 1.25 bits per heavy atom. The van der Waals surface area contributed by atoms with Crippen LogP contribution in [0.1, 0.15) is 39.0 Å². The zero-order chi connectivity index (χ0) is 14.8. The molecule has 3 nitrogen and oxygen atoms in total. The molecule has 0 bridgehead atoms. The van der Waals surface area contributed by atoms with Crippen molar-refractivity contribution < 1.29 is 8.42 Å². The highest BCUT2D eigenvalue weighted by Gasteiger charge is 2.37. The largest absolute Gasteiger partial charge is 0.327 e. The van der Waals surface area contributed by atoms with Gasteiger partial charge >= 0.3 is 0 Å². The average Bonchev–Trinajstić information content (AvgIpc) is 2.41. The number of halogens is 1. The zero-order valence-corrected chi connectivity index (χ0v) is 13.3. The first-order chi connectivity index (χ1) is 9.45. The summed E-state index contributed by atoms with van der Waals surface area (Å²) in [4.78, 5) is 0.333. The van der Waals surface area contributed by atoms with Gasteiger partial charge in [0, 0.05) is 11.1 Å². The number of sulfone groups is 1. The van der Waals surface area contributed by atoms with E-state index >= 15 is 0 Å². The van der Waals surface area contributed by atoms with Crippen LogP contribution in [0, 0.1) is 5.92 Å². The van der Waals surface area contributed by atoms with Crippen molar-refractivity contribution in [2.75, 3.05) is 0 Å². The van der Waals surface area contributed by atoms with Crippen molar-refractivity contribution in [2.45, 2.75) is 55.2 Å². The van der Waals surface area contributed by atoms with Gasteiger partial charge in [0.15, 0.2) is 9.84 Å². The molecule has 0 heterocycles. The summed E-state index contributed by atoms with van der Waals surface area (Å²) in [6.07, 6.45) is 4.69. The van der Waals surface area contributed by atoms with E-state index in [4.69, 9.17) is 17.3 Å². The van der Waals surface area contributed by atoms with Crippen molar-refractivity contribution in [1.29, 1.82) is 0 Å². The van der Waals surface area contributed by atoms with Crippen LogP contribution in [0.25, 0.3) is 0 Å². The van der Waals surface area contributed by atoms with Crippen molar-refractivity contribution >= 4 is 21.4 Å². The van der Waals surface area contributed by atoms with Crippen LogP contribution in [0.3, 0.4) is 0 Å². The van der Waals surface area contributed by atoms with E-state index in [1.54, 1.807) is 24.3 Å². The third kappa shape index (κ3) is 3.35. The predicted octanol–water partition coefficient (Wildman–Crippen LogP) is 3.41. The molecule has 0 spiro atoms. The van der Waals surface area contributed by atoms with Gasteiger partial charge in [0.2, 0.25) is 0 Å². The molecule has 1 fully saturated rings. The van der Waals surface area contributed by atoms with E-state index < -0.39 is 15.1 Å². The molecule has 20 heavy (non-hydrogen) atoms. The van der Waals surface area contributed by atoms with Crippen LogP contribution in [0.15, 0.2) is 29.2 Å². The average molecular weight is 316 g/mol. The molecule has 3 atom stereocenters. The SMILES string of the molecule is CCCC1CCC(N)C(S(=O)(=O)c2ccc(Cl)cc2)C1. The minimum Gasteiger partial charge on any atom is -0.327 e. The van der Waals surface area contributed by atoms with Crippen LogP contribution in [0.2, 0.25) is 5.02 Å². The minimum atomic E-state index is -3.36. The molecule has 112 valence electrons. The Labute approximate surface area is 126 Å². The second kappa shape index (κ2) is 6.46. The molecule has 1 aliphatic rings. The molecule has 5 heteroatoms. The molecule has 1 aliphatic carbocycles. The van der Waals surface area contributed by atoms with E-state index in [0.29, 0.717) is 22.3 Å². The van der Waals surface area contributed by atoms with Crippen LogP contribution in [0.5, 0.6) is 0 Å². The van der Waals surface area contributed by atoms with Crippen molar-refractivity contribution in [2.24, 2.45) is 11.7 Å². The van der Waals surface area contributed by atoms with Gasteiger partial charge in [-0.25, -0.2) is 8.42 Å². The van der Waals surface area contributed by atoms with Gasteiger partial charge in [0.25, 0.3) is 0 Å². The Balaban J connectivity index is 2.24. The molecule has 0 aromatic heterocycles. The zero-order valence-electron chi connectivity index (χ0n) is 11.8. The van der Waals surface area contributed by atoms with Gasteiger partial charge < -0.3 is 5.73 Å². The molecule has 3 unspecified atom stereocenters. The van der Waals surface area contributed by atoms with E-state index in [-0.39, 0.29) is 6.04 Å². The van der Waals surface area contributed by atoms with Gasteiger partial charge in [-0.2, -0.15) is 0 Å². The second-order valence-electron chi connectivity index (χ2n) is 5.67. The number of benzene rings is 1. The highest BCUT2D eigenvalue weighted by Crippen LogP contribution is 2.34. The summed E-state index contributed by atoms with van der Waals surface area (Å²) in [5.74, 6) is 0.479. The van der Waals surface area contributed by atoms with Crippen LogP contribution < -0.4 is 5.73 Å². The number of hydrogen-bond acceptors (Lipinski definition) is 3. The topological polar surface area (TPSA) is 60.2 Å². The van der Waals surface area contributed by atoms with Crippen molar-refractivity contribution in [3.63, 3.8) is 0 Å². The first-order valence-corrected chi connectivity index (χ1v) is 9.12. The van der Waals surface area contributed by atoms with Crippen LogP contribution in [0.4, 0.5) is 0 Å². The van der Waals surface area contributed by atoms with E-state index in [0.717, 1.165) is 25.7 Å². The first kappa shape index (κ1) is 15.8. The summed E-state index contributed by atoms with van der Waals surface area (Å²) in [7, 11) is -3.36. The van der Waals surface area contributed by atoms with Gasteiger partial charge in [-0.1, -0.05) is 31.4 Å². The maximum absolute atomic E-state index is 12.7. The van der Waals surface area contributed by atoms with Crippen LogP contribution >= 0.6 is 11.6 Å². The van der Waals surface area contributed by atoms with E-state index in [9.17, 15) is 8.42 Å². The third-order valence-electron chi connectivity index (χ3n) is 4.19. The molecule has 1 aromatic carbocycles. The lowest BCUT2D eigenvalue weighted by Crippen LogP contribution is -2.45. The molecular formula is C15H22ClNO2S. The van der Waals surface area contributed by atoms with Gasteiger partial charge in [-0.15, -0.1) is 0 Å². The molecule has 2 N–H and O–H groups in total. The summed E-state index contributed by atoms with van der Waals surface area (Å²) in [6, 6.07) is 6.13. The molecule has 0 amide bonds. The Bertz CT molecular complexity index is 541. The quantitative estimate of drug-likeness (QED) is 0.926. The highest BCUT2D eigenvalue weighted by atomic mass is 35.5. The summed E-state index contributed by atoms with van der Waals surface area (Å²) >= 11 is 5.82. The smallest absolute Gasteiger partial charge is 0.182 e. The summed E-state index contributed by atoms with van der Waals surface area (Å²) in [6.45, 7) is 2.14. The van der Waals surface area contributed by atoms with Crippen LogP contribution in [-0.4, -0.2) is 19.7 Å². The Morgan fingerprint density at radius 2 is 1.90 bits per heavy atom. The molecule has 0 radical (unpaired) electrons. The standard InChI is InChI=1S/C15H22ClNO2S/c1-2-3-11-4-9-14(17)15(10-11)20(18,19)13-7-5-12(16)6-8-13/h5-8,11,14-15H,2-4,9-10,17H2,1H3. The van der Waals surface area contributed by atoms with Gasteiger partial charge in [-0.05, 0) is 49.4 Å². The summed E-state index contributed by atoms with van der Waals surface area (Å²) < 4.78 is 25.5. The van der Waals surface area contributed by atoms with Gasteiger partial charge in [0.05, 0.1) is 10.1 Å². The summed E-state index contributed by atoms with van der Waals surface area (Å²) in [5, 5.41) is 0.0785. The van der Waals surface area contributed by atoms with Crippen molar-refractivity contribution in [1.82, 2.24) is 0 Å². The molecular weight excluding hydrogens is 294 g/mol. The molecule has 2 rings (SSSR count). The maximum atomic E-state index is 12.7. The fraction of sp³-hybridized carbons (Fsp3) is 0.600. The van der Waals surface area contributed by atoms with E-state index in [2.05, 4.69) is 6.92 Å². The van der Waals surface area contributed by atoms with Crippen LogP contribution in [-0.2, 0) is 9.84 Å². The van der Waals surface area contributed by atoms with E-state index in [1.165, 1.54) is 0 Å². The normalized spacial score (nSPS) is 27.4. The fourth-order valence-corrected chi connectivity index (χ4v) is 5.17. The number of rotatable bonds is 4. The molecule has 0 aliphatic heterocycles. The lowest BCUT2D eigenvalue weighted by atomic mass is 9.83. The molecule has 0 saturated heterocycles. The van der Waals surface area contributed by atoms with Gasteiger partial charge in [0.1, 0.15) is 0 Å². The summed E-state index contributed by atoms with van der Waals surface area (Å²) in [5.41, 5.74) is 6.09. The number of hydrogen-bond donors (Lipinski definition) is 1. The Hall–Kier alpha value is -0.580. The lowest BCUT2D eigenvalue weighted by Gasteiger charge is -2.33. The monoisotopic (exact) mass is 315 g/mol. The van der Waals surface area contributed by atoms with Gasteiger partial charge in [-0.3, -0.25) is 0 Å². The Kier molecular flexibility index (Phi) is 5.10. The first-order valence-electron chi connectivity index (χ1n) is 7.20. The van der Waals surface area contributed by atoms with E-state index in [1.807, 2.05) is 0 Å². The minimum absolute atomic E-state index is 0.260. The number of nitrogens with two attached hydrogens (primary N) is 1. The van der Waals surface area contributed by atoms with Crippen molar-refractivity contribution in [3.8, 4) is 0 Å².